The van der Waals surface area contributed by atoms with Gasteiger partial charge in [-0.15, -0.1) is 0 Å². The lowest BCUT2D eigenvalue weighted by Gasteiger charge is -2.36. The number of aromatic nitrogens is 2. The number of piperazine rings is 1. The molecule has 1 amide bonds. The predicted molar refractivity (Wildman–Crippen MR) is 136 cm³/mol. The fourth-order valence-electron chi connectivity index (χ4n) is 3.69. The molecule has 0 atom stereocenters. The van der Waals surface area contributed by atoms with E-state index in [1.165, 1.54) is 6.26 Å². The van der Waals surface area contributed by atoms with Crippen molar-refractivity contribution >= 4 is 40.8 Å². The Labute approximate surface area is 203 Å². The molecule has 0 spiro atoms. The summed E-state index contributed by atoms with van der Waals surface area (Å²) < 4.78 is 5.26. The van der Waals surface area contributed by atoms with Gasteiger partial charge in [0.2, 0.25) is 17.0 Å². The van der Waals surface area contributed by atoms with E-state index < -0.39 is 0 Å². The lowest BCUT2D eigenvalue weighted by atomic mass is 10.2. The summed E-state index contributed by atoms with van der Waals surface area (Å²) in [7, 11) is 0. The number of aliphatic imine (C=N–C) groups is 1. The molecule has 1 fully saturated rings. The summed E-state index contributed by atoms with van der Waals surface area (Å²) in [6.07, 6.45) is 1.50. The molecule has 4 rings (SSSR count). The van der Waals surface area contributed by atoms with Crippen LogP contribution in [0, 0.1) is 20.8 Å². The molecule has 0 bridgehead atoms. The molecule has 2 aromatic heterocycles. The highest BCUT2D eigenvalue weighted by Gasteiger charge is 2.26. The number of hydrogen-bond acceptors (Lipinski definition) is 5. The molecule has 1 aliphatic heterocycles. The SMILES string of the molecule is Cc1cc(C)nc(N/C(=N/C(=S)Nc2ccccc2C)N2CCN(C(=O)c3ccco3)CC2)n1. The molecule has 3 heterocycles. The predicted octanol–water partition coefficient (Wildman–Crippen LogP) is 3.62. The molecule has 34 heavy (non-hydrogen) atoms. The Morgan fingerprint density at radius 3 is 2.29 bits per heavy atom. The summed E-state index contributed by atoms with van der Waals surface area (Å²) in [5.74, 6) is 1.20. The second-order valence-electron chi connectivity index (χ2n) is 8.04. The van der Waals surface area contributed by atoms with Crippen molar-refractivity contribution < 1.29 is 9.21 Å². The van der Waals surface area contributed by atoms with Crippen molar-refractivity contribution in [2.24, 2.45) is 4.99 Å². The first-order valence-corrected chi connectivity index (χ1v) is 11.4. The average Bonchev–Trinajstić information content (AvgIpc) is 3.34. The number of carbonyl (C=O) groups excluding carboxylic acids is 1. The molecule has 0 aliphatic carbocycles. The van der Waals surface area contributed by atoms with Crippen molar-refractivity contribution in [1.29, 1.82) is 0 Å². The Kier molecular flexibility index (Phi) is 7.17. The van der Waals surface area contributed by atoms with Crippen molar-refractivity contribution in [3.8, 4) is 0 Å². The van der Waals surface area contributed by atoms with Crippen LogP contribution in [0.3, 0.4) is 0 Å². The summed E-state index contributed by atoms with van der Waals surface area (Å²) in [5, 5.41) is 6.75. The first kappa shape index (κ1) is 23.4. The topological polar surface area (TPSA) is 98.9 Å². The van der Waals surface area contributed by atoms with Gasteiger partial charge in [0, 0.05) is 43.3 Å². The Morgan fingerprint density at radius 1 is 0.971 bits per heavy atom. The number of nitrogens with one attached hydrogen (secondary N) is 2. The maximum Gasteiger partial charge on any atom is 0.289 e. The highest BCUT2D eigenvalue weighted by Crippen LogP contribution is 2.15. The van der Waals surface area contributed by atoms with Crippen molar-refractivity contribution in [1.82, 2.24) is 19.8 Å². The summed E-state index contributed by atoms with van der Waals surface area (Å²) in [5.41, 5.74) is 3.66. The molecule has 1 aliphatic rings. The molecule has 2 N–H and O–H groups in total. The van der Waals surface area contributed by atoms with E-state index in [4.69, 9.17) is 16.6 Å². The van der Waals surface area contributed by atoms with Crippen LogP contribution >= 0.6 is 12.2 Å². The van der Waals surface area contributed by atoms with Gasteiger partial charge in [0.05, 0.1) is 6.26 Å². The Hall–Kier alpha value is -3.79. The third-order valence-electron chi connectivity index (χ3n) is 5.40. The van der Waals surface area contributed by atoms with Crippen LogP contribution in [0.5, 0.6) is 0 Å². The number of rotatable bonds is 3. The number of aryl methyl sites for hydroxylation is 3. The molecule has 1 saturated heterocycles. The highest BCUT2D eigenvalue weighted by atomic mass is 32.1. The summed E-state index contributed by atoms with van der Waals surface area (Å²) in [6.45, 7) is 8.01. The molecule has 3 aromatic rings. The molecule has 0 unspecified atom stereocenters. The van der Waals surface area contributed by atoms with Gasteiger partial charge in [0.25, 0.3) is 5.91 Å². The number of hydrogen-bond donors (Lipinski definition) is 2. The zero-order chi connectivity index (χ0) is 24.1. The van der Waals surface area contributed by atoms with E-state index in [9.17, 15) is 4.79 Å². The number of guanidine groups is 1. The van der Waals surface area contributed by atoms with Crippen LogP contribution in [0.2, 0.25) is 0 Å². The number of para-hydroxylation sites is 1. The van der Waals surface area contributed by atoms with Crippen LogP contribution in [-0.4, -0.2) is 62.9 Å². The van der Waals surface area contributed by atoms with Crippen LogP contribution in [0.15, 0.2) is 58.1 Å². The van der Waals surface area contributed by atoms with Crippen LogP contribution in [0.25, 0.3) is 0 Å². The van der Waals surface area contributed by atoms with Crippen LogP contribution < -0.4 is 10.6 Å². The summed E-state index contributed by atoms with van der Waals surface area (Å²) in [6, 6.07) is 13.2. The number of amides is 1. The average molecular weight is 478 g/mol. The fourth-order valence-corrected chi connectivity index (χ4v) is 3.89. The quantitative estimate of drug-likeness (QED) is 0.335. The number of thiocarbonyl (C=S) groups is 1. The van der Waals surface area contributed by atoms with E-state index >= 15 is 0 Å². The van der Waals surface area contributed by atoms with E-state index in [1.54, 1.807) is 17.0 Å². The number of anilines is 2. The standard InChI is InChI=1S/C24H27N7O2S/c1-16-7-4-5-8-19(16)27-24(34)29-23(28-22-25-17(2)15-18(3)26-22)31-12-10-30(11-13-31)21(32)20-9-6-14-33-20/h4-9,14-15H,10-13H2,1-3H3,(H2,25,26,27,28,29,34). The molecule has 1 aromatic carbocycles. The number of benzene rings is 1. The van der Waals surface area contributed by atoms with Crippen LogP contribution in [0.4, 0.5) is 11.6 Å². The second kappa shape index (κ2) is 10.4. The second-order valence-corrected chi connectivity index (χ2v) is 8.42. The van der Waals surface area contributed by atoms with E-state index in [2.05, 4.69) is 25.6 Å². The van der Waals surface area contributed by atoms with Gasteiger partial charge in [0.15, 0.2) is 5.76 Å². The van der Waals surface area contributed by atoms with Crippen LogP contribution in [0.1, 0.15) is 27.5 Å². The minimum absolute atomic E-state index is 0.120. The molecular formula is C24H27N7O2S. The fraction of sp³-hybridized carbons (Fsp3) is 0.292. The van der Waals surface area contributed by atoms with Gasteiger partial charge in [-0.25, -0.2) is 9.97 Å². The minimum Gasteiger partial charge on any atom is -0.459 e. The molecule has 10 heteroatoms. The van der Waals surface area contributed by atoms with Gasteiger partial charge < -0.3 is 19.5 Å². The van der Waals surface area contributed by atoms with Gasteiger partial charge in [-0.2, -0.15) is 4.99 Å². The third-order valence-corrected chi connectivity index (χ3v) is 5.59. The van der Waals surface area contributed by atoms with Gasteiger partial charge in [-0.3, -0.25) is 10.1 Å². The van der Waals surface area contributed by atoms with E-state index in [0.29, 0.717) is 49.0 Å². The van der Waals surface area contributed by atoms with Gasteiger partial charge in [-0.1, -0.05) is 18.2 Å². The van der Waals surface area contributed by atoms with Gasteiger partial charge in [-0.05, 0) is 62.8 Å². The lowest BCUT2D eigenvalue weighted by molar-refractivity contribution is 0.0660. The highest BCUT2D eigenvalue weighted by molar-refractivity contribution is 7.80. The van der Waals surface area contributed by atoms with Crippen molar-refractivity contribution in [3.63, 3.8) is 0 Å². The van der Waals surface area contributed by atoms with Crippen molar-refractivity contribution in [2.75, 3.05) is 36.8 Å². The van der Waals surface area contributed by atoms with Gasteiger partial charge in [0.1, 0.15) is 0 Å². The normalized spacial score (nSPS) is 14.1. The Bertz CT molecular complexity index is 1180. The summed E-state index contributed by atoms with van der Waals surface area (Å²) >= 11 is 5.54. The maximum absolute atomic E-state index is 12.6. The lowest BCUT2D eigenvalue weighted by Crippen LogP contribution is -2.52. The maximum atomic E-state index is 12.6. The minimum atomic E-state index is -0.120. The van der Waals surface area contributed by atoms with Crippen molar-refractivity contribution in [3.05, 3.63) is 71.4 Å². The molecule has 0 radical (unpaired) electrons. The number of carbonyl (C=O) groups is 1. The smallest absolute Gasteiger partial charge is 0.289 e. The molecule has 9 nitrogen and oxygen atoms in total. The van der Waals surface area contributed by atoms with E-state index in [1.807, 2.05) is 56.0 Å². The first-order chi connectivity index (χ1) is 16.4. The Balaban J connectivity index is 1.52. The van der Waals surface area contributed by atoms with Crippen LogP contribution in [-0.2, 0) is 0 Å². The summed E-state index contributed by atoms with van der Waals surface area (Å²) in [4.78, 5) is 30.1. The number of nitrogens with zero attached hydrogens (tertiary/aromatic N) is 5. The number of furan rings is 1. The third kappa shape index (κ3) is 5.76. The molecule has 176 valence electrons. The van der Waals surface area contributed by atoms with E-state index in [-0.39, 0.29) is 5.91 Å². The Morgan fingerprint density at radius 2 is 1.65 bits per heavy atom. The first-order valence-electron chi connectivity index (χ1n) is 11.0. The van der Waals surface area contributed by atoms with E-state index in [0.717, 1.165) is 22.6 Å². The largest absolute Gasteiger partial charge is 0.459 e. The molecule has 0 saturated carbocycles. The monoisotopic (exact) mass is 477 g/mol. The zero-order valence-corrected chi connectivity index (χ0v) is 20.2. The van der Waals surface area contributed by atoms with Crippen molar-refractivity contribution in [2.45, 2.75) is 20.8 Å². The van der Waals surface area contributed by atoms with Gasteiger partial charge >= 0.3 is 0 Å². The zero-order valence-electron chi connectivity index (χ0n) is 19.4. The molecular weight excluding hydrogens is 450 g/mol.